The van der Waals surface area contributed by atoms with Gasteiger partial charge in [0.2, 0.25) is 0 Å². The molecule has 1 atom stereocenters. The fourth-order valence-corrected chi connectivity index (χ4v) is 2.35. The molecule has 90 valence electrons. The van der Waals surface area contributed by atoms with Gasteiger partial charge in [-0.05, 0) is 18.6 Å². The third-order valence-corrected chi connectivity index (χ3v) is 3.25. The molecule has 0 fully saturated rings. The molecule has 0 spiro atoms. The van der Waals surface area contributed by atoms with Crippen molar-refractivity contribution in [2.45, 2.75) is 18.9 Å². The molecule has 2 rings (SSSR count). The average molecular weight is 254 g/mol. The molecule has 5 heteroatoms. The number of halogens is 2. The second-order valence-electron chi connectivity index (χ2n) is 3.79. The van der Waals surface area contributed by atoms with Crippen LogP contribution in [0.1, 0.15) is 10.6 Å². The molecule has 0 saturated heterocycles. The second kappa shape index (κ2) is 5.33. The van der Waals surface area contributed by atoms with Crippen LogP contribution in [-0.2, 0) is 12.8 Å². The third kappa shape index (κ3) is 3.08. The number of hydrogen-bond donors (Lipinski definition) is 1. The van der Waals surface area contributed by atoms with Crippen LogP contribution in [0.2, 0.25) is 0 Å². The number of nitrogens with two attached hydrogens (primary N) is 1. The van der Waals surface area contributed by atoms with Crippen molar-refractivity contribution >= 4 is 11.3 Å². The molecular formula is C12H12F2N2S. The highest BCUT2D eigenvalue weighted by Crippen LogP contribution is 2.15. The summed E-state index contributed by atoms with van der Waals surface area (Å²) in [7, 11) is 0. The SMILES string of the molecule is NC(Cc1nccs1)Cc1c(F)cccc1F. The van der Waals surface area contributed by atoms with E-state index in [1.165, 1.54) is 29.5 Å². The molecule has 2 nitrogen and oxygen atoms in total. The molecule has 1 aromatic carbocycles. The lowest BCUT2D eigenvalue weighted by Crippen LogP contribution is -2.26. The quantitative estimate of drug-likeness (QED) is 0.910. The summed E-state index contributed by atoms with van der Waals surface area (Å²) in [6, 6.07) is 3.51. The van der Waals surface area contributed by atoms with Gasteiger partial charge >= 0.3 is 0 Å². The molecule has 1 heterocycles. The van der Waals surface area contributed by atoms with Crippen LogP contribution in [0.5, 0.6) is 0 Å². The molecule has 1 unspecified atom stereocenters. The predicted molar refractivity (Wildman–Crippen MR) is 63.9 cm³/mol. The molecule has 0 amide bonds. The first kappa shape index (κ1) is 12.1. The van der Waals surface area contributed by atoms with E-state index in [-0.39, 0.29) is 18.0 Å². The van der Waals surface area contributed by atoms with Crippen molar-refractivity contribution in [3.8, 4) is 0 Å². The van der Waals surface area contributed by atoms with Crippen LogP contribution in [0.15, 0.2) is 29.8 Å². The number of hydrogen-bond acceptors (Lipinski definition) is 3. The molecular weight excluding hydrogens is 242 g/mol. The van der Waals surface area contributed by atoms with Gasteiger partial charge in [0.1, 0.15) is 11.6 Å². The second-order valence-corrected chi connectivity index (χ2v) is 4.77. The molecule has 0 aliphatic carbocycles. The van der Waals surface area contributed by atoms with Crippen LogP contribution in [0.4, 0.5) is 8.78 Å². The lowest BCUT2D eigenvalue weighted by molar-refractivity contribution is 0.533. The molecule has 0 bridgehead atoms. The van der Waals surface area contributed by atoms with Crippen molar-refractivity contribution in [3.05, 3.63) is 52.0 Å². The lowest BCUT2D eigenvalue weighted by Gasteiger charge is -2.11. The minimum atomic E-state index is -0.542. The van der Waals surface area contributed by atoms with E-state index >= 15 is 0 Å². The summed E-state index contributed by atoms with van der Waals surface area (Å²) in [6.45, 7) is 0. The lowest BCUT2D eigenvalue weighted by atomic mass is 10.0. The third-order valence-electron chi connectivity index (χ3n) is 2.45. The van der Waals surface area contributed by atoms with Crippen LogP contribution in [-0.4, -0.2) is 11.0 Å². The zero-order valence-electron chi connectivity index (χ0n) is 9.07. The van der Waals surface area contributed by atoms with E-state index in [0.29, 0.717) is 6.42 Å². The Balaban J connectivity index is 2.05. The highest BCUT2D eigenvalue weighted by molar-refractivity contribution is 7.09. The molecule has 2 N–H and O–H groups in total. The Hall–Kier alpha value is -1.33. The van der Waals surface area contributed by atoms with Crippen LogP contribution in [0.3, 0.4) is 0 Å². The number of nitrogens with zero attached hydrogens (tertiary/aromatic N) is 1. The van der Waals surface area contributed by atoms with E-state index in [0.717, 1.165) is 5.01 Å². The molecule has 0 radical (unpaired) electrons. The summed E-state index contributed by atoms with van der Waals surface area (Å²) in [5.74, 6) is -1.08. The van der Waals surface area contributed by atoms with Gasteiger partial charge in [0.15, 0.2) is 0 Å². The topological polar surface area (TPSA) is 38.9 Å². The van der Waals surface area contributed by atoms with Crippen molar-refractivity contribution < 1.29 is 8.78 Å². The molecule has 0 aliphatic heterocycles. The van der Waals surface area contributed by atoms with Gasteiger partial charge in [-0.1, -0.05) is 6.07 Å². The zero-order chi connectivity index (χ0) is 12.3. The predicted octanol–water partition coefficient (Wildman–Crippen LogP) is 2.53. The minimum Gasteiger partial charge on any atom is -0.327 e. The van der Waals surface area contributed by atoms with E-state index in [9.17, 15) is 8.78 Å². The smallest absolute Gasteiger partial charge is 0.129 e. The standard InChI is InChI=1S/C12H12F2N2S/c13-10-2-1-3-11(14)9(10)6-8(15)7-12-16-4-5-17-12/h1-5,8H,6-7,15H2. The van der Waals surface area contributed by atoms with E-state index in [1.54, 1.807) is 6.20 Å². The minimum absolute atomic E-state index is 0.0524. The van der Waals surface area contributed by atoms with Crippen molar-refractivity contribution in [2.75, 3.05) is 0 Å². The number of benzene rings is 1. The summed E-state index contributed by atoms with van der Waals surface area (Å²) in [6.07, 6.45) is 2.40. The molecule has 1 aromatic heterocycles. The fourth-order valence-electron chi connectivity index (χ4n) is 1.64. The van der Waals surface area contributed by atoms with Gasteiger partial charge in [-0.25, -0.2) is 13.8 Å². The van der Waals surface area contributed by atoms with Gasteiger partial charge in [0.25, 0.3) is 0 Å². The van der Waals surface area contributed by atoms with Crippen LogP contribution < -0.4 is 5.73 Å². The highest BCUT2D eigenvalue weighted by Gasteiger charge is 2.13. The van der Waals surface area contributed by atoms with Gasteiger partial charge in [-0.15, -0.1) is 11.3 Å². The number of thiazole rings is 1. The summed E-state index contributed by atoms with van der Waals surface area (Å²) < 4.78 is 26.8. The molecule has 2 aromatic rings. The first-order valence-electron chi connectivity index (χ1n) is 5.23. The van der Waals surface area contributed by atoms with Crippen molar-refractivity contribution in [3.63, 3.8) is 0 Å². The van der Waals surface area contributed by atoms with Gasteiger partial charge < -0.3 is 5.73 Å². The van der Waals surface area contributed by atoms with Gasteiger partial charge in [-0.2, -0.15) is 0 Å². The maximum atomic E-state index is 13.4. The fraction of sp³-hybridized carbons (Fsp3) is 0.250. The zero-order valence-corrected chi connectivity index (χ0v) is 9.88. The maximum absolute atomic E-state index is 13.4. The van der Waals surface area contributed by atoms with Crippen molar-refractivity contribution in [1.29, 1.82) is 0 Å². The molecule has 17 heavy (non-hydrogen) atoms. The van der Waals surface area contributed by atoms with E-state index < -0.39 is 11.6 Å². The van der Waals surface area contributed by atoms with Crippen molar-refractivity contribution in [2.24, 2.45) is 5.73 Å². The van der Waals surface area contributed by atoms with Crippen LogP contribution >= 0.6 is 11.3 Å². The first-order valence-corrected chi connectivity index (χ1v) is 6.11. The van der Waals surface area contributed by atoms with Gasteiger partial charge in [0, 0.05) is 29.6 Å². The summed E-state index contributed by atoms with van der Waals surface area (Å²) >= 11 is 1.49. The Morgan fingerprint density at radius 3 is 2.53 bits per heavy atom. The molecule has 0 saturated carbocycles. The summed E-state index contributed by atoms with van der Waals surface area (Å²) in [4.78, 5) is 4.09. The highest BCUT2D eigenvalue weighted by atomic mass is 32.1. The van der Waals surface area contributed by atoms with E-state index in [1.807, 2.05) is 5.38 Å². The Bertz CT molecular complexity index is 465. The van der Waals surface area contributed by atoms with Crippen LogP contribution in [0.25, 0.3) is 0 Å². The normalized spacial score (nSPS) is 12.6. The van der Waals surface area contributed by atoms with E-state index in [4.69, 9.17) is 5.73 Å². The first-order chi connectivity index (χ1) is 8.16. The Labute approximate surface area is 102 Å². The van der Waals surface area contributed by atoms with Gasteiger partial charge in [-0.3, -0.25) is 0 Å². The number of rotatable bonds is 4. The monoisotopic (exact) mass is 254 g/mol. The van der Waals surface area contributed by atoms with E-state index in [2.05, 4.69) is 4.98 Å². The summed E-state index contributed by atoms with van der Waals surface area (Å²) in [5.41, 5.74) is 5.92. The Morgan fingerprint density at radius 1 is 1.24 bits per heavy atom. The largest absolute Gasteiger partial charge is 0.327 e. The Kier molecular flexibility index (Phi) is 3.81. The van der Waals surface area contributed by atoms with Crippen LogP contribution in [0, 0.1) is 11.6 Å². The van der Waals surface area contributed by atoms with Crippen molar-refractivity contribution in [1.82, 2.24) is 4.98 Å². The van der Waals surface area contributed by atoms with Gasteiger partial charge in [0.05, 0.1) is 5.01 Å². The maximum Gasteiger partial charge on any atom is 0.129 e. The number of aromatic nitrogens is 1. The molecule has 0 aliphatic rings. The average Bonchev–Trinajstić information content (AvgIpc) is 2.76. The Morgan fingerprint density at radius 2 is 1.94 bits per heavy atom. The summed E-state index contributed by atoms with van der Waals surface area (Å²) in [5, 5.41) is 2.74.